The van der Waals surface area contributed by atoms with Crippen molar-refractivity contribution in [1.82, 2.24) is 9.88 Å². The molecule has 38 heavy (non-hydrogen) atoms. The maximum Gasteiger partial charge on any atom is 0.309 e. The van der Waals surface area contributed by atoms with Gasteiger partial charge in [-0.3, -0.25) is 14.7 Å². The lowest BCUT2D eigenvalue weighted by Gasteiger charge is -2.39. The Balaban J connectivity index is 1.36. The van der Waals surface area contributed by atoms with Gasteiger partial charge in [-0.1, -0.05) is 0 Å². The zero-order chi connectivity index (χ0) is 27.4. The number of carbonyl (C=O) groups is 1. The van der Waals surface area contributed by atoms with Gasteiger partial charge in [-0.2, -0.15) is 0 Å². The fourth-order valence-corrected chi connectivity index (χ4v) is 4.87. The van der Waals surface area contributed by atoms with Crippen LogP contribution in [-0.2, 0) is 4.79 Å². The Hall–Kier alpha value is -3.44. The van der Waals surface area contributed by atoms with E-state index in [1.165, 1.54) is 7.11 Å². The van der Waals surface area contributed by atoms with Crippen molar-refractivity contribution < 1.29 is 42.0 Å². The van der Waals surface area contributed by atoms with E-state index in [1.807, 2.05) is 4.90 Å². The Morgan fingerprint density at radius 3 is 2.39 bits per heavy atom. The molecule has 11 heteroatoms. The summed E-state index contributed by atoms with van der Waals surface area (Å²) in [5.74, 6) is -5.58. The number of nitrogens with zero attached hydrogens (tertiary/aromatic N) is 2. The van der Waals surface area contributed by atoms with Crippen LogP contribution in [0.5, 0.6) is 11.5 Å². The van der Waals surface area contributed by atoms with Crippen LogP contribution in [0.3, 0.4) is 0 Å². The van der Waals surface area contributed by atoms with Gasteiger partial charge in [0.1, 0.15) is 23.9 Å². The average Bonchev–Trinajstić information content (AvgIpc) is 2.90. The van der Waals surface area contributed by atoms with Crippen molar-refractivity contribution in [2.45, 2.75) is 31.8 Å². The van der Waals surface area contributed by atoms with E-state index in [-0.39, 0.29) is 30.8 Å². The summed E-state index contributed by atoms with van der Waals surface area (Å²) in [6, 6.07) is 6.45. The van der Waals surface area contributed by atoms with Crippen molar-refractivity contribution in [3.63, 3.8) is 0 Å². The third-order valence-electron chi connectivity index (χ3n) is 7.20. The standard InChI is InChI=1S/C27H28F4N2O5/c1-37-16-2-3-22-18(12-16)24(21(30)15-32-22)23(34)4-5-27(26(35)36)6-8-33(9-7-27)10-11-38-17-13-19(28)25(31)20(29)14-17/h2-3,12-15,23,34H,4-11H2,1H3,(H,35,36)/t23-/m1/s1. The molecule has 1 saturated heterocycles. The van der Waals surface area contributed by atoms with Crippen molar-refractivity contribution in [3.8, 4) is 11.5 Å². The largest absolute Gasteiger partial charge is 0.497 e. The van der Waals surface area contributed by atoms with Gasteiger partial charge in [0.2, 0.25) is 0 Å². The molecule has 1 aliphatic heterocycles. The SMILES string of the molecule is COc1ccc2ncc(F)c([C@H](O)CCC3(C(=O)O)CCN(CCOc4cc(F)c(F)c(F)c4)CC3)c2c1. The first-order valence-corrected chi connectivity index (χ1v) is 12.2. The normalized spacial score (nSPS) is 16.4. The number of methoxy groups -OCH3 is 1. The van der Waals surface area contributed by atoms with Crippen molar-refractivity contribution in [2.24, 2.45) is 5.41 Å². The number of halogens is 4. The molecule has 0 aliphatic carbocycles. The van der Waals surface area contributed by atoms with E-state index >= 15 is 0 Å². The molecule has 204 valence electrons. The van der Waals surface area contributed by atoms with E-state index < -0.39 is 40.8 Å². The summed E-state index contributed by atoms with van der Waals surface area (Å²) in [6.45, 7) is 1.28. The monoisotopic (exact) mass is 536 g/mol. The van der Waals surface area contributed by atoms with Gasteiger partial charge in [-0.05, 0) is 57.0 Å². The molecule has 0 spiro atoms. The Morgan fingerprint density at radius 1 is 1.08 bits per heavy atom. The molecule has 3 aromatic rings. The second kappa shape index (κ2) is 11.5. The number of benzene rings is 2. The number of piperidine rings is 1. The van der Waals surface area contributed by atoms with Crippen LogP contribution in [0.25, 0.3) is 10.9 Å². The van der Waals surface area contributed by atoms with Gasteiger partial charge in [0.15, 0.2) is 17.5 Å². The number of carboxylic acids is 1. The van der Waals surface area contributed by atoms with Crippen molar-refractivity contribution in [3.05, 3.63) is 65.4 Å². The number of likely N-dealkylation sites (tertiary alicyclic amines) is 1. The molecule has 4 rings (SSSR count). The topological polar surface area (TPSA) is 92.1 Å². The van der Waals surface area contributed by atoms with Crippen molar-refractivity contribution >= 4 is 16.9 Å². The molecule has 2 N–H and O–H groups in total. The number of hydrogen-bond donors (Lipinski definition) is 2. The number of carboxylic acid groups (broad SMARTS) is 1. The van der Waals surface area contributed by atoms with Crippen LogP contribution in [0.15, 0.2) is 36.5 Å². The molecular formula is C27H28F4N2O5. The van der Waals surface area contributed by atoms with Gasteiger partial charge in [-0.25, -0.2) is 17.6 Å². The third-order valence-corrected chi connectivity index (χ3v) is 7.20. The maximum absolute atomic E-state index is 14.7. The minimum atomic E-state index is -1.57. The number of aromatic nitrogens is 1. The summed E-state index contributed by atoms with van der Waals surface area (Å²) >= 11 is 0. The summed E-state index contributed by atoms with van der Waals surface area (Å²) in [5.41, 5.74) is -0.563. The summed E-state index contributed by atoms with van der Waals surface area (Å²) in [4.78, 5) is 18.3. The predicted octanol–water partition coefficient (Wildman–Crippen LogP) is 4.86. The van der Waals surface area contributed by atoms with Crippen LogP contribution in [0.2, 0.25) is 0 Å². The van der Waals surface area contributed by atoms with Gasteiger partial charge in [0.25, 0.3) is 0 Å². The molecule has 7 nitrogen and oxygen atoms in total. The molecule has 2 heterocycles. The molecule has 0 amide bonds. The van der Waals surface area contributed by atoms with E-state index in [2.05, 4.69) is 4.98 Å². The molecule has 0 unspecified atom stereocenters. The molecule has 2 aromatic carbocycles. The van der Waals surface area contributed by atoms with Gasteiger partial charge < -0.3 is 19.7 Å². The third kappa shape index (κ3) is 5.83. The van der Waals surface area contributed by atoms with E-state index in [4.69, 9.17) is 9.47 Å². The highest BCUT2D eigenvalue weighted by Gasteiger charge is 2.41. The fourth-order valence-electron chi connectivity index (χ4n) is 4.87. The summed E-state index contributed by atoms with van der Waals surface area (Å²) < 4.78 is 65.0. The zero-order valence-electron chi connectivity index (χ0n) is 20.7. The lowest BCUT2D eigenvalue weighted by atomic mass is 9.74. The summed E-state index contributed by atoms with van der Waals surface area (Å²) in [5, 5.41) is 21.3. The van der Waals surface area contributed by atoms with Crippen LogP contribution >= 0.6 is 0 Å². The second-order valence-electron chi connectivity index (χ2n) is 9.43. The smallest absolute Gasteiger partial charge is 0.309 e. The van der Waals surface area contributed by atoms with E-state index in [0.717, 1.165) is 18.3 Å². The van der Waals surface area contributed by atoms with Crippen molar-refractivity contribution in [1.29, 1.82) is 0 Å². The molecule has 1 aromatic heterocycles. The highest BCUT2D eigenvalue weighted by atomic mass is 19.2. The van der Waals surface area contributed by atoms with E-state index in [9.17, 15) is 32.6 Å². The first kappa shape index (κ1) is 27.6. The molecular weight excluding hydrogens is 508 g/mol. The van der Waals surface area contributed by atoms with Crippen LogP contribution in [-0.4, -0.2) is 59.4 Å². The van der Waals surface area contributed by atoms with Gasteiger partial charge >= 0.3 is 5.97 Å². The number of aliphatic hydroxyl groups excluding tert-OH is 1. The second-order valence-corrected chi connectivity index (χ2v) is 9.43. The van der Waals surface area contributed by atoms with Crippen LogP contribution in [0.1, 0.15) is 37.4 Å². The van der Waals surface area contributed by atoms with Crippen LogP contribution in [0, 0.1) is 28.7 Å². The quantitative estimate of drug-likeness (QED) is 0.283. The highest BCUT2D eigenvalue weighted by molar-refractivity contribution is 5.84. The zero-order valence-corrected chi connectivity index (χ0v) is 20.7. The van der Waals surface area contributed by atoms with E-state index in [1.54, 1.807) is 18.2 Å². The Kier molecular flexibility index (Phi) is 8.37. The number of pyridine rings is 1. The van der Waals surface area contributed by atoms with E-state index in [0.29, 0.717) is 49.1 Å². The van der Waals surface area contributed by atoms with Crippen LogP contribution in [0.4, 0.5) is 17.6 Å². The van der Waals surface area contributed by atoms with Crippen LogP contribution < -0.4 is 9.47 Å². The molecule has 1 fully saturated rings. The fraction of sp³-hybridized carbons (Fsp3) is 0.407. The van der Waals surface area contributed by atoms with Crippen molar-refractivity contribution in [2.75, 3.05) is 33.4 Å². The number of ether oxygens (including phenoxy) is 2. The molecule has 0 bridgehead atoms. The first-order valence-electron chi connectivity index (χ1n) is 12.2. The van der Waals surface area contributed by atoms with Gasteiger partial charge in [0.05, 0.1) is 30.3 Å². The number of aliphatic carboxylic acids is 1. The number of hydrogen-bond acceptors (Lipinski definition) is 6. The van der Waals surface area contributed by atoms with Gasteiger partial charge in [0, 0.05) is 29.6 Å². The minimum Gasteiger partial charge on any atom is -0.497 e. The number of rotatable bonds is 10. The number of aliphatic hydroxyl groups is 1. The average molecular weight is 537 g/mol. The van der Waals surface area contributed by atoms with Gasteiger partial charge in [-0.15, -0.1) is 0 Å². The highest BCUT2D eigenvalue weighted by Crippen LogP contribution is 2.40. The summed E-state index contributed by atoms with van der Waals surface area (Å²) in [7, 11) is 1.47. The Labute approximate surface area is 216 Å². The lowest BCUT2D eigenvalue weighted by molar-refractivity contribution is -0.153. The number of fused-ring (bicyclic) bond motifs is 1. The maximum atomic E-state index is 14.7. The first-order chi connectivity index (χ1) is 18.1. The summed E-state index contributed by atoms with van der Waals surface area (Å²) in [6.07, 6.45) is 0.548. The molecule has 1 aliphatic rings. The minimum absolute atomic E-state index is 0.0321. The lowest BCUT2D eigenvalue weighted by Crippen LogP contribution is -2.45. The predicted molar refractivity (Wildman–Crippen MR) is 130 cm³/mol. The molecule has 0 radical (unpaired) electrons. The Morgan fingerprint density at radius 2 is 1.76 bits per heavy atom. The molecule has 1 atom stereocenters. The molecule has 0 saturated carbocycles. The Bertz CT molecular complexity index is 1290.